The Hall–Kier alpha value is -1.51. The summed E-state index contributed by atoms with van der Waals surface area (Å²) in [5.74, 6) is 0.150. The molecule has 0 fully saturated rings. The third-order valence-electron chi connectivity index (χ3n) is 2.86. The van der Waals surface area contributed by atoms with Crippen LogP contribution in [0.1, 0.15) is 50.2 Å². The number of aromatic hydroxyl groups is 1. The van der Waals surface area contributed by atoms with Crippen LogP contribution in [0.4, 0.5) is 0 Å². The van der Waals surface area contributed by atoms with Crippen LogP contribution in [0.5, 0.6) is 5.75 Å². The summed E-state index contributed by atoms with van der Waals surface area (Å²) in [7, 11) is 0. The van der Waals surface area contributed by atoms with Gasteiger partial charge in [0.15, 0.2) is 0 Å². The van der Waals surface area contributed by atoms with Gasteiger partial charge in [-0.05, 0) is 30.5 Å². The molecule has 1 aromatic carbocycles. The number of phenols is 1. The first-order valence-electron chi connectivity index (χ1n) is 6.27. The predicted octanol–water partition coefficient (Wildman–Crippen LogP) is 3.71. The van der Waals surface area contributed by atoms with Crippen molar-refractivity contribution in [2.45, 2.75) is 45.4 Å². The smallest absolute Gasteiger partial charge is 0.124 e. The highest BCUT2D eigenvalue weighted by atomic mass is 16.4. The molecule has 94 valence electrons. The lowest BCUT2D eigenvalue weighted by Crippen LogP contribution is -1.90. The van der Waals surface area contributed by atoms with Crippen molar-refractivity contribution >= 4 is 6.21 Å². The van der Waals surface area contributed by atoms with Crippen LogP contribution in [0.25, 0.3) is 0 Å². The van der Waals surface area contributed by atoms with Gasteiger partial charge in [0.1, 0.15) is 5.75 Å². The van der Waals surface area contributed by atoms with E-state index in [0.29, 0.717) is 5.56 Å². The number of hydrogen-bond acceptors (Lipinski definition) is 3. The van der Waals surface area contributed by atoms with Gasteiger partial charge in [0.05, 0.1) is 6.21 Å². The number of unbranched alkanes of at least 4 members (excludes halogenated alkanes) is 4. The van der Waals surface area contributed by atoms with Crippen molar-refractivity contribution in [3.05, 3.63) is 29.3 Å². The second-order valence-electron chi connectivity index (χ2n) is 4.30. The summed E-state index contributed by atoms with van der Waals surface area (Å²) in [4.78, 5) is 0. The Morgan fingerprint density at radius 3 is 2.65 bits per heavy atom. The zero-order valence-electron chi connectivity index (χ0n) is 10.4. The molecule has 0 saturated carbocycles. The molecule has 0 radical (unpaired) electrons. The zero-order chi connectivity index (χ0) is 12.5. The van der Waals surface area contributed by atoms with Gasteiger partial charge >= 0.3 is 0 Å². The van der Waals surface area contributed by atoms with Crippen LogP contribution < -0.4 is 0 Å². The van der Waals surface area contributed by atoms with Gasteiger partial charge < -0.3 is 10.3 Å². The Bertz CT molecular complexity index is 361. The van der Waals surface area contributed by atoms with Gasteiger partial charge in [-0.15, -0.1) is 0 Å². The third kappa shape index (κ3) is 4.89. The normalized spacial score (nSPS) is 11.1. The molecule has 0 saturated heterocycles. The van der Waals surface area contributed by atoms with Crippen molar-refractivity contribution in [3.63, 3.8) is 0 Å². The van der Waals surface area contributed by atoms with E-state index in [4.69, 9.17) is 5.21 Å². The van der Waals surface area contributed by atoms with Crippen LogP contribution in [0, 0.1) is 0 Å². The largest absolute Gasteiger partial charge is 0.507 e. The van der Waals surface area contributed by atoms with Crippen LogP contribution >= 0.6 is 0 Å². The topological polar surface area (TPSA) is 52.8 Å². The van der Waals surface area contributed by atoms with Gasteiger partial charge in [0, 0.05) is 5.56 Å². The van der Waals surface area contributed by atoms with Gasteiger partial charge in [-0.25, -0.2) is 0 Å². The number of nitrogens with zero attached hydrogens (tertiary/aromatic N) is 1. The maximum absolute atomic E-state index is 9.51. The number of phenolic OH excluding ortho intramolecular Hbond substituents is 1. The Morgan fingerprint density at radius 2 is 1.94 bits per heavy atom. The van der Waals surface area contributed by atoms with E-state index in [1.807, 2.05) is 12.1 Å². The molecular formula is C14H21NO2. The standard InChI is InChI=1S/C14H21NO2/c1-2-3-4-5-6-7-12-8-9-14(16)13(10-12)11-15-17/h8-11,16-17H,2-7H2,1H3. The molecule has 0 atom stereocenters. The molecule has 1 aromatic rings. The highest BCUT2D eigenvalue weighted by molar-refractivity contribution is 5.83. The molecule has 0 spiro atoms. The molecule has 0 bridgehead atoms. The highest BCUT2D eigenvalue weighted by Crippen LogP contribution is 2.18. The van der Waals surface area contributed by atoms with Crippen LogP contribution in [0.2, 0.25) is 0 Å². The average molecular weight is 235 g/mol. The summed E-state index contributed by atoms with van der Waals surface area (Å²) >= 11 is 0. The minimum absolute atomic E-state index is 0.150. The minimum atomic E-state index is 0.150. The third-order valence-corrected chi connectivity index (χ3v) is 2.86. The first kappa shape index (κ1) is 13.6. The van der Waals surface area contributed by atoms with Gasteiger partial charge in [-0.2, -0.15) is 0 Å². The monoisotopic (exact) mass is 235 g/mol. The molecule has 17 heavy (non-hydrogen) atoms. The van der Waals surface area contributed by atoms with E-state index >= 15 is 0 Å². The molecule has 3 heteroatoms. The lowest BCUT2D eigenvalue weighted by atomic mass is 10.0. The van der Waals surface area contributed by atoms with Gasteiger partial charge in [-0.3, -0.25) is 0 Å². The molecule has 0 amide bonds. The van der Waals surface area contributed by atoms with Crippen molar-refractivity contribution in [3.8, 4) is 5.75 Å². The number of aryl methyl sites for hydroxylation is 1. The number of rotatable bonds is 7. The second kappa shape index (κ2) is 7.71. The van der Waals surface area contributed by atoms with Crippen LogP contribution in [-0.2, 0) is 6.42 Å². The summed E-state index contributed by atoms with van der Waals surface area (Å²) in [6, 6.07) is 5.44. The van der Waals surface area contributed by atoms with Crippen molar-refractivity contribution in [2.24, 2.45) is 5.16 Å². The second-order valence-corrected chi connectivity index (χ2v) is 4.30. The molecule has 0 heterocycles. The Balaban J connectivity index is 2.46. The fourth-order valence-corrected chi connectivity index (χ4v) is 1.86. The fraction of sp³-hybridized carbons (Fsp3) is 0.500. The maximum atomic E-state index is 9.51. The summed E-state index contributed by atoms with van der Waals surface area (Å²) in [6.45, 7) is 2.21. The summed E-state index contributed by atoms with van der Waals surface area (Å²) in [5, 5.41) is 20.9. The first-order valence-corrected chi connectivity index (χ1v) is 6.27. The van der Waals surface area contributed by atoms with E-state index in [1.54, 1.807) is 6.07 Å². The molecule has 3 nitrogen and oxygen atoms in total. The molecule has 0 aliphatic rings. The molecule has 0 aliphatic heterocycles. The van der Waals surface area contributed by atoms with Crippen molar-refractivity contribution < 1.29 is 10.3 Å². The van der Waals surface area contributed by atoms with Gasteiger partial charge in [0.2, 0.25) is 0 Å². The fourth-order valence-electron chi connectivity index (χ4n) is 1.86. The SMILES string of the molecule is CCCCCCCc1ccc(O)c(C=NO)c1. The molecular weight excluding hydrogens is 214 g/mol. The number of oxime groups is 1. The summed E-state index contributed by atoms with van der Waals surface area (Å²) in [6.07, 6.45) is 8.54. The quantitative estimate of drug-likeness (QED) is 0.327. The van der Waals surface area contributed by atoms with E-state index in [1.165, 1.54) is 43.9 Å². The van der Waals surface area contributed by atoms with Gasteiger partial charge in [0.25, 0.3) is 0 Å². The van der Waals surface area contributed by atoms with Crippen LogP contribution in [0.15, 0.2) is 23.4 Å². The van der Waals surface area contributed by atoms with E-state index in [-0.39, 0.29) is 5.75 Å². The van der Waals surface area contributed by atoms with E-state index in [0.717, 1.165) is 6.42 Å². The maximum Gasteiger partial charge on any atom is 0.124 e. The van der Waals surface area contributed by atoms with E-state index < -0.39 is 0 Å². The van der Waals surface area contributed by atoms with Gasteiger partial charge in [-0.1, -0.05) is 43.8 Å². The molecule has 0 aliphatic carbocycles. The molecule has 0 unspecified atom stereocenters. The van der Waals surface area contributed by atoms with Crippen LogP contribution in [0.3, 0.4) is 0 Å². The van der Waals surface area contributed by atoms with Crippen LogP contribution in [-0.4, -0.2) is 16.5 Å². The first-order chi connectivity index (χ1) is 8.27. The summed E-state index contributed by atoms with van der Waals surface area (Å²) in [5.41, 5.74) is 1.74. The molecule has 0 aromatic heterocycles. The average Bonchev–Trinajstić information content (AvgIpc) is 2.33. The predicted molar refractivity (Wildman–Crippen MR) is 70.0 cm³/mol. The van der Waals surface area contributed by atoms with Crippen molar-refractivity contribution in [1.82, 2.24) is 0 Å². The Morgan fingerprint density at radius 1 is 1.18 bits per heavy atom. The van der Waals surface area contributed by atoms with Crippen molar-refractivity contribution in [2.75, 3.05) is 0 Å². The lowest BCUT2D eigenvalue weighted by molar-refractivity contribution is 0.321. The summed E-state index contributed by atoms with van der Waals surface area (Å²) < 4.78 is 0. The Kier molecular flexibility index (Phi) is 6.15. The Labute approximate surface area is 103 Å². The van der Waals surface area contributed by atoms with E-state index in [2.05, 4.69) is 12.1 Å². The number of hydrogen-bond donors (Lipinski definition) is 2. The molecule has 2 N–H and O–H groups in total. The molecule has 1 rings (SSSR count). The van der Waals surface area contributed by atoms with E-state index in [9.17, 15) is 5.11 Å². The highest BCUT2D eigenvalue weighted by Gasteiger charge is 2.01. The minimum Gasteiger partial charge on any atom is -0.507 e. The zero-order valence-corrected chi connectivity index (χ0v) is 10.4. The lowest BCUT2D eigenvalue weighted by Gasteiger charge is -2.04. The van der Waals surface area contributed by atoms with Crippen molar-refractivity contribution in [1.29, 1.82) is 0 Å². The number of benzene rings is 1.